The van der Waals surface area contributed by atoms with Crippen LogP contribution in [0.1, 0.15) is 92.4 Å². The van der Waals surface area contributed by atoms with Crippen molar-refractivity contribution in [2.24, 2.45) is 17.8 Å². The lowest BCUT2D eigenvalue weighted by Gasteiger charge is -2.38. The summed E-state index contributed by atoms with van der Waals surface area (Å²) in [7, 11) is -4.11. The molecule has 21 heteroatoms. The molecule has 4 fully saturated rings. The molecule has 374 valence electrons. The molecule has 16 nitrogen and oxygen atoms in total. The van der Waals surface area contributed by atoms with Crippen molar-refractivity contribution >= 4 is 45.2 Å². The van der Waals surface area contributed by atoms with E-state index >= 15 is 4.79 Å². The minimum absolute atomic E-state index is 0.0150. The van der Waals surface area contributed by atoms with Gasteiger partial charge < -0.3 is 34.5 Å². The molecule has 1 unspecified atom stereocenters. The van der Waals surface area contributed by atoms with Crippen LogP contribution in [0.4, 0.5) is 18.0 Å². The van der Waals surface area contributed by atoms with Crippen LogP contribution in [0.25, 0.3) is 22.6 Å². The maximum Gasteiger partial charge on any atom is 0.430 e. The highest BCUT2D eigenvalue weighted by Gasteiger charge is 2.63. The molecule has 8 rings (SSSR count). The second-order valence-corrected chi connectivity index (χ2v) is 22.7. The molecular weight excluding hydrogens is 942 g/mol. The van der Waals surface area contributed by atoms with Gasteiger partial charge in [0.2, 0.25) is 27.4 Å². The molecule has 69 heavy (non-hydrogen) atoms. The van der Waals surface area contributed by atoms with E-state index in [1.54, 1.807) is 37.6 Å². The lowest BCUT2D eigenvalue weighted by atomic mass is 9.88. The average Bonchev–Trinajstić information content (AvgIpc) is 4.04. The number of ether oxygens (including phenoxy) is 4. The van der Waals surface area contributed by atoms with Crippen molar-refractivity contribution in [2.75, 3.05) is 19.8 Å². The highest BCUT2D eigenvalue weighted by atomic mass is 32.2. The zero-order chi connectivity index (χ0) is 49.5. The summed E-state index contributed by atoms with van der Waals surface area (Å²) < 4.78 is 94.2. The van der Waals surface area contributed by atoms with Gasteiger partial charge in [-0.25, -0.2) is 23.2 Å². The summed E-state index contributed by atoms with van der Waals surface area (Å²) in [5, 5.41) is 7.13. The van der Waals surface area contributed by atoms with E-state index in [2.05, 4.69) is 20.3 Å². The van der Waals surface area contributed by atoms with Crippen molar-refractivity contribution in [2.45, 2.75) is 139 Å². The van der Waals surface area contributed by atoms with Gasteiger partial charge in [0.15, 0.2) is 0 Å². The molecular formula is C48H59F3N6O10S2. The first kappa shape index (κ1) is 50.1. The summed E-state index contributed by atoms with van der Waals surface area (Å²) in [6.45, 7) is 7.95. The number of nitrogens with one attached hydrogen (secondary N) is 3. The van der Waals surface area contributed by atoms with Gasteiger partial charge in [0.05, 0.1) is 46.6 Å². The third-order valence-corrected chi connectivity index (χ3v) is 16.6. The van der Waals surface area contributed by atoms with Crippen LogP contribution in [-0.4, -0.2) is 113 Å². The number of benzene rings is 1. The van der Waals surface area contributed by atoms with Gasteiger partial charge in [-0.05, 0) is 102 Å². The van der Waals surface area contributed by atoms with Gasteiger partial charge in [-0.3, -0.25) is 19.1 Å². The molecule has 0 radical (unpaired) electrons. The maximum absolute atomic E-state index is 15.2. The monoisotopic (exact) mass is 1000 g/mol. The molecule has 2 aromatic heterocycles. The predicted molar refractivity (Wildman–Crippen MR) is 248 cm³/mol. The lowest BCUT2D eigenvalue weighted by molar-refractivity contribution is -0.285. The van der Waals surface area contributed by atoms with Gasteiger partial charge in [-0.1, -0.05) is 26.0 Å². The number of aromatic nitrogens is 2. The number of halogens is 3. The van der Waals surface area contributed by atoms with E-state index in [-0.39, 0.29) is 44.4 Å². The molecule has 2 aliphatic carbocycles. The number of thiazole rings is 1. The lowest BCUT2D eigenvalue weighted by Crippen LogP contribution is -2.60. The van der Waals surface area contributed by atoms with E-state index in [1.807, 2.05) is 56.5 Å². The standard InChI is InChI=1S/C48H59F3N6O10S2/c1-28(2)65-33-13-11-31(12-14-33)36-20-34(21-37(53-36)38-25-68-27-52-38)66-35-22-39-41(58)55-47(43(60)56-69(62,63)45(5)16-17-45)23-32(47)10-7-6-9-29(3)19-30(4)40(42(59)57(39)24-35)54-44(61)67-46(48(49,50)51)15-8-18-64-26-46/h7,10-14,20-21,25,27-30,32,35,39-40H,6,8-9,15-19,22-24,26H2,1-5H3,(H,54,61)(H,55,58)(H,56,60)/b10-7-/t29-,30-,32-,35-,39+,40+,46?,47-/m1/s1. The van der Waals surface area contributed by atoms with Crippen molar-refractivity contribution in [1.29, 1.82) is 0 Å². The average molecular weight is 1000 g/mol. The number of pyridine rings is 1. The predicted octanol–water partition coefficient (Wildman–Crippen LogP) is 7.10. The number of rotatable bonds is 11. The molecule has 1 aromatic carbocycles. The first-order chi connectivity index (χ1) is 32.6. The number of sulfonamides is 1. The van der Waals surface area contributed by atoms with Crippen LogP contribution in [-0.2, 0) is 33.9 Å². The Balaban J connectivity index is 1.14. The van der Waals surface area contributed by atoms with Crippen LogP contribution in [0.5, 0.6) is 11.5 Å². The van der Waals surface area contributed by atoms with Crippen molar-refractivity contribution in [3.63, 3.8) is 0 Å². The molecule has 5 heterocycles. The van der Waals surface area contributed by atoms with E-state index < -0.39 is 99.0 Å². The zero-order valence-corrected chi connectivity index (χ0v) is 40.8. The first-order valence-corrected chi connectivity index (χ1v) is 25.9. The fourth-order valence-electron chi connectivity index (χ4n) is 9.42. The molecule has 5 aliphatic rings. The SMILES string of the molecule is CC(C)Oc1ccc(-c2cc(O[C@@H]3C[C@H]4C(=O)N[C@]5(C(=O)NS(=O)(=O)C6(C)CC6)C[C@H]5/C=C\CC[C@@H](C)C[C@@H](C)[C@H](NC(=O)OC5(C(F)(F)F)CCCOC5)C(=O)N4C3)cc(-c3cscn3)n2)cc1. The fraction of sp³-hybridized carbons (Fsp3) is 0.583. The van der Waals surface area contributed by atoms with Crippen LogP contribution in [0, 0.1) is 17.8 Å². The quantitative estimate of drug-likeness (QED) is 0.165. The number of carbonyl (C=O) groups is 4. The summed E-state index contributed by atoms with van der Waals surface area (Å²) in [6, 6.07) is 7.91. The van der Waals surface area contributed by atoms with Gasteiger partial charge in [-0.2, -0.15) is 13.2 Å². The van der Waals surface area contributed by atoms with E-state index in [4.69, 9.17) is 23.9 Å². The highest BCUT2D eigenvalue weighted by Crippen LogP contribution is 2.48. The summed E-state index contributed by atoms with van der Waals surface area (Å²) >= 11 is 1.37. The molecule has 3 aliphatic heterocycles. The largest absolute Gasteiger partial charge is 0.491 e. The molecule has 2 saturated heterocycles. The Labute approximate surface area is 403 Å². The van der Waals surface area contributed by atoms with Crippen LogP contribution >= 0.6 is 11.3 Å². The second-order valence-electron chi connectivity index (χ2n) is 19.8. The molecule has 3 N–H and O–H groups in total. The van der Waals surface area contributed by atoms with E-state index in [0.29, 0.717) is 60.7 Å². The smallest absolute Gasteiger partial charge is 0.430 e. The van der Waals surface area contributed by atoms with Gasteiger partial charge in [-0.15, -0.1) is 11.3 Å². The van der Waals surface area contributed by atoms with E-state index in [9.17, 15) is 36.0 Å². The number of amides is 4. The minimum atomic E-state index is -4.98. The highest BCUT2D eigenvalue weighted by molar-refractivity contribution is 7.91. The third-order valence-electron chi connectivity index (χ3n) is 13.8. The molecule has 3 aromatic rings. The second kappa shape index (κ2) is 19.5. The third kappa shape index (κ3) is 10.9. The number of fused-ring (bicyclic) bond motifs is 2. The van der Waals surface area contributed by atoms with Gasteiger partial charge in [0, 0.05) is 48.4 Å². The number of carbonyl (C=O) groups excluding carboxylic acids is 4. The fourth-order valence-corrected chi connectivity index (χ4v) is 11.3. The van der Waals surface area contributed by atoms with E-state index in [1.165, 1.54) is 16.2 Å². The van der Waals surface area contributed by atoms with Crippen molar-refractivity contribution in [3.05, 3.63) is 59.4 Å². The Morgan fingerprint density at radius 3 is 2.42 bits per heavy atom. The molecule has 0 spiro atoms. The number of alkyl halides is 3. The Morgan fingerprint density at radius 2 is 1.77 bits per heavy atom. The van der Waals surface area contributed by atoms with Gasteiger partial charge in [0.1, 0.15) is 35.2 Å². The summed E-state index contributed by atoms with van der Waals surface area (Å²) in [4.78, 5) is 68.3. The topological polar surface area (TPSA) is 204 Å². The normalized spacial score (nSPS) is 29.8. The summed E-state index contributed by atoms with van der Waals surface area (Å²) in [6.07, 6.45) is -2.12. The molecule has 2 saturated carbocycles. The number of hydrogen-bond donors (Lipinski definition) is 3. The number of allylic oxidation sites excluding steroid dienone is 1. The minimum Gasteiger partial charge on any atom is -0.491 e. The Kier molecular flexibility index (Phi) is 14.2. The van der Waals surface area contributed by atoms with Crippen molar-refractivity contribution in [1.82, 2.24) is 30.2 Å². The number of nitrogens with zero attached hydrogens (tertiary/aromatic N) is 3. The van der Waals surface area contributed by atoms with Gasteiger partial charge in [0.25, 0.3) is 5.91 Å². The Hall–Kier alpha value is -5.28. The number of hydrogen-bond acceptors (Lipinski definition) is 13. The van der Waals surface area contributed by atoms with Crippen LogP contribution in [0.15, 0.2) is 59.4 Å². The van der Waals surface area contributed by atoms with Crippen LogP contribution in [0.2, 0.25) is 0 Å². The van der Waals surface area contributed by atoms with Crippen molar-refractivity contribution < 1.29 is 59.7 Å². The maximum atomic E-state index is 15.2. The summed E-state index contributed by atoms with van der Waals surface area (Å²) in [5.41, 5.74) is -0.647. The van der Waals surface area contributed by atoms with Gasteiger partial charge >= 0.3 is 12.3 Å². The Bertz CT molecular complexity index is 2530. The first-order valence-electron chi connectivity index (χ1n) is 23.5. The number of alkyl carbamates (subject to hydrolysis) is 1. The van der Waals surface area contributed by atoms with Crippen molar-refractivity contribution in [3.8, 4) is 34.1 Å². The van der Waals surface area contributed by atoms with E-state index in [0.717, 1.165) is 5.56 Å². The van der Waals surface area contributed by atoms with Crippen LogP contribution in [0.3, 0.4) is 0 Å². The molecule has 4 amide bonds. The Morgan fingerprint density at radius 1 is 1.03 bits per heavy atom. The molecule has 8 atom stereocenters. The summed E-state index contributed by atoms with van der Waals surface area (Å²) in [5.74, 6) is -2.80. The van der Waals surface area contributed by atoms with Crippen LogP contribution < -0.4 is 24.8 Å². The zero-order valence-electron chi connectivity index (χ0n) is 39.2. The molecule has 0 bridgehead atoms.